The Kier molecular flexibility index (Phi) is 3.25. The molecular formula is C8H11IN2O. The summed E-state index contributed by atoms with van der Waals surface area (Å²) in [5.41, 5.74) is 0.677. The molecule has 1 heterocycles. The quantitative estimate of drug-likeness (QED) is 0.625. The van der Waals surface area contributed by atoms with Crippen molar-refractivity contribution < 1.29 is 4.79 Å². The van der Waals surface area contributed by atoms with E-state index < -0.39 is 0 Å². The fraction of sp³-hybridized carbons (Fsp3) is 0.500. The Labute approximate surface area is 85.3 Å². The van der Waals surface area contributed by atoms with E-state index in [-0.39, 0.29) is 0 Å². The number of aromatic nitrogens is 2. The Bertz CT molecular complexity index is 281. The predicted octanol–water partition coefficient (Wildman–Crippen LogP) is 1.96. The smallest absolute Gasteiger partial charge is 0.154 e. The van der Waals surface area contributed by atoms with E-state index in [1.165, 1.54) is 0 Å². The Morgan fingerprint density at radius 2 is 2.42 bits per heavy atom. The first-order valence-electron chi connectivity index (χ1n) is 3.81. The largest absolute Gasteiger partial charge is 0.298 e. The van der Waals surface area contributed by atoms with Crippen LogP contribution >= 0.6 is 22.6 Å². The second-order valence-corrected chi connectivity index (χ2v) is 4.11. The highest BCUT2D eigenvalue weighted by atomic mass is 127. The van der Waals surface area contributed by atoms with Gasteiger partial charge in [0.15, 0.2) is 6.29 Å². The summed E-state index contributed by atoms with van der Waals surface area (Å²) in [5.74, 6) is 0.554. The standard InChI is InChI=1S/C8H11IN2O/c1-6(2)4-11-8(9)7(5-12)3-10-11/h3,5-6H,4H2,1-2H3. The minimum atomic E-state index is 0.554. The molecule has 3 nitrogen and oxygen atoms in total. The molecule has 0 radical (unpaired) electrons. The van der Waals surface area contributed by atoms with Crippen molar-refractivity contribution in [1.82, 2.24) is 9.78 Å². The van der Waals surface area contributed by atoms with E-state index in [0.29, 0.717) is 11.5 Å². The van der Waals surface area contributed by atoms with Crippen LogP contribution in [-0.2, 0) is 6.54 Å². The van der Waals surface area contributed by atoms with Crippen molar-refractivity contribution in [2.24, 2.45) is 5.92 Å². The molecule has 0 N–H and O–H groups in total. The molecule has 12 heavy (non-hydrogen) atoms. The maximum absolute atomic E-state index is 10.5. The molecule has 1 aromatic rings. The number of hydrogen-bond acceptors (Lipinski definition) is 2. The number of aldehydes is 1. The van der Waals surface area contributed by atoms with E-state index in [1.54, 1.807) is 6.20 Å². The third-order valence-electron chi connectivity index (χ3n) is 1.47. The molecule has 1 aromatic heterocycles. The summed E-state index contributed by atoms with van der Waals surface area (Å²) in [6, 6.07) is 0. The summed E-state index contributed by atoms with van der Waals surface area (Å²) >= 11 is 2.14. The van der Waals surface area contributed by atoms with Crippen LogP contribution in [0.15, 0.2) is 6.20 Å². The van der Waals surface area contributed by atoms with E-state index in [2.05, 4.69) is 41.5 Å². The maximum Gasteiger partial charge on any atom is 0.154 e. The lowest BCUT2D eigenvalue weighted by molar-refractivity contribution is 0.112. The minimum Gasteiger partial charge on any atom is -0.298 e. The molecule has 0 saturated carbocycles. The summed E-state index contributed by atoms with van der Waals surface area (Å²) in [5, 5.41) is 4.10. The van der Waals surface area contributed by atoms with Gasteiger partial charge in [-0.25, -0.2) is 0 Å². The van der Waals surface area contributed by atoms with Gasteiger partial charge in [0.05, 0.1) is 11.8 Å². The normalized spacial score (nSPS) is 10.7. The fourth-order valence-corrected chi connectivity index (χ4v) is 1.52. The highest BCUT2D eigenvalue weighted by molar-refractivity contribution is 14.1. The van der Waals surface area contributed by atoms with E-state index in [4.69, 9.17) is 0 Å². The second-order valence-electron chi connectivity index (χ2n) is 3.08. The molecule has 0 fully saturated rings. The average molecular weight is 278 g/mol. The first-order valence-corrected chi connectivity index (χ1v) is 4.89. The molecule has 4 heteroatoms. The summed E-state index contributed by atoms with van der Waals surface area (Å²) in [6.45, 7) is 5.11. The van der Waals surface area contributed by atoms with Crippen LogP contribution in [0.25, 0.3) is 0 Å². The van der Waals surface area contributed by atoms with Crippen molar-refractivity contribution >= 4 is 28.9 Å². The average Bonchev–Trinajstić information content (AvgIpc) is 2.32. The van der Waals surface area contributed by atoms with Crippen LogP contribution in [-0.4, -0.2) is 16.1 Å². The molecular weight excluding hydrogens is 267 g/mol. The molecule has 0 unspecified atom stereocenters. The number of rotatable bonds is 3. The molecule has 0 amide bonds. The third kappa shape index (κ3) is 2.06. The Balaban J connectivity index is 2.86. The SMILES string of the molecule is CC(C)Cn1ncc(C=O)c1I. The zero-order chi connectivity index (χ0) is 9.14. The molecule has 0 aliphatic carbocycles. The monoisotopic (exact) mass is 278 g/mol. The molecule has 1 rings (SSSR count). The molecule has 0 spiro atoms. The van der Waals surface area contributed by atoms with E-state index >= 15 is 0 Å². The summed E-state index contributed by atoms with van der Waals surface area (Å²) in [7, 11) is 0. The number of halogens is 1. The first-order chi connectivity index (χ1) is 5.65. The van der Waals surface area contributed by atoms with Gasteiger partial charge in [-0.15, -0.1) is 0 Å². The summed E-state index contributed by atoms with van der Waals surface area (Å²) in [6.07, 6.45) is 2.45. The Morgan fingerprint density at radius 3 is 2.83 bits per heavy atom. The third-order valence-corrected chi connectivity index (χ3v) is 2.65. The van der Waals surface area contributed by atoms with Gasteiger partial charge >= 0.3 is 0 Å². The van der Waals surface area contributed by atoms with Crippen molar-refractivity contribution in [3.63, 3.8) is 0 Å². The molecule has 0 aliphatic heterocycles. The van der Waals surface area contributed by atoms with Gasteiger partial charge in [-0.3, -0.25) is 9.48 Å². The van der Waals surface area contributed by atoms with Gasteiger partial charge in [-0.2, -0.15) is 5.10 Å². The van der Waals surface area contributed by atoms with Crippen molar-refractivity contribution in [2.45, 2.75) is 20.4 Å². The van der Waals surface area contributed by atoms with Gasteiger partial charge < -0.3 is 0 Å². The van der Waals surface area contributed by atoms with Crippen LogP contribution in [0.3, 0.4) is 0 Å². The zero-order valence-electron chi connectivity index (χ0n) is 7.12. The van der Waals surface area contributed by atoms with Gasteiger partial charge in [-0.05, 0) is 28.5 Å². The summed E-state index contributed by atoms with van der Waals surface area (Å²) < 4.78 is 2.78. The van der Waals surface area contributed by atoms with Gasteiger partial charge in [-0.1, -0.05) is 13.8 Å². The van der Waals surface area contributed by atoms with Gasteiger partial charge in [0, 0.05) is 6.54 Å². The van der Waals surface area contributed by atoms with E-state index in [1.807, 2.05) is 4.68 Å². The van der Waals surface area contributed by atoms with Gasteiger partial charge in [0.1, 0.15) is 3.70 Å². The molecule has 66 valence electrons. The van der Waals surface area contributed by atoms with Gasteiger partial charge in [0.25, 0.3) is 0 Å². The number of carbonyl (C=O) groups excluding carboxylic acids is 1. The lowest BCUT2D eigenvalue weighted by atomic mass is 10.2. The minimum absolute atomic E-state index is 0.554. The van der Waals surface area contributed by atoms with Crippen molar-refractivity contribution in [1.29, 1.82) is 0 Å². The predicted molar refractivity (Wildman–Crippen MR) is 55.2 cm³/mol. The second kappa shape index (κ2) is 4.02. The highest BCUT2D eigenvalue weighted by Gasteiger charge is 2.07. The van der Waals surface area contributed by atoms with Crippen molar-refractivity contribution in [2.75, 3.05) is 0 Å². The van der Waals surface area contributed by atoms with Gasteiger partial charge in [0.2, 0.25) is 0 Å². The summed E-state index contributed by atoms with van der Waals surface area (Å²) in [4.78, 5) is 10.5. The lowest BCUT2D eigenvalue weighted by Gasteiger charge is -2.05. The molecule has 0 atom stereocenters. The van der Waals surface area contributed by atoms with Crippen LogP contribution in [0, 0.1) is 9.62 Å². The van der Waals surface area contributed by atoms with Crippen LogP contribution in [0.2, 0.25) is 0 Å². The molecule has 0 aromatic carbocycles. The number of hydrogen-bond donors (Lipinski definition) is 0. The zero-order valence-corrected chi connectivity index (χ0v) is 9.28. The Morgan fingerprint density at radius 1 is 1.75 bits per heavy atom. The molecule has 0 saturated heterocycles. The lowest BCUT2D eigenvalue weighted by Crippen LogP contribution is -2.07. The van der Waals surface area contributed by atoms with Crippen molar-refractivity contribution in [3.8, 4) is 0 Å². The van der Waals surface area contributed by atoms with Crippen LogP contribution < -0.4 is 0 Å². The van der Waals surface area contributed by atoms with Crippen molar-refractivity contribution in [3.05, 3.63) is 15.5 Å². The number of nitrogens with zero attached hydrogens (tertiary/aromatic N) is 2. The van der Waals surface area contributed by atoms with E-state index in [9.17, 15) is 4.79 Å². The van der Waals surface area contributed by atoms with Crippen LogP contribution in [0.5, 0.6) is 0 Å². The maximum atomic E-state index is 10.5. The van der Waals surface area contributed by atoms with Crippen LogP contribution in [0.4, 0.5) is 0 Å². The topological polar surface area (TPSA) is 34.9 Å². The van der Waals surface area contributed by atoms with Crippen LogP contribution in [0.1, 0.15) is 24.2 Å². The molecule has 0 bridgehead atoms. The molecule has 0 aliphatic rings. The fourth-order valence-electron chi connectivity index (χ4n) is 0.937. The number of carbonyl (C=O) groups is 1. The first kappa shape index (κ1) is 9.70. The highest BCUT2D eigenvalue weighted by Crippen LogP contribution is 2.11. The van der Waals surface area contributed by atoms with E-state index in [0.717, 1.165) is 16.5 Å². The Hall–Kier alpha value is -0.390.